The largest absolute Gasteiger partial charge is 0.490 e. The fraction of sp³-hybridized carbons (Fsp3) is 0.469. The number of non-ortho nitro benzene ring substituents is 1. The predicted octanol–water partition coefficient (Wildman–Crippen LogP) is 5.64. The number of nitro benzene ring substituents is 1. The highest BCUT2D eigenvalue weighted by Crippen LogP contribution is 2.62. The van der Waals surface area contributed by atoms with Gasteiger partial charge in [0.1, 0.15) is 12.2 Å². The molecule has 2 aromatic rings. The molecule has 10 heteroatoms. The number of amides is 4. The molecule has 4 saturated carbocycles. The Kier molecular flexibility index (Phi) is 7.24. The van der Waals surface area contributed by atoms with Gasteiger partial charge < -0.3 is 9.47 Å². The molecule has 0 unspecified atom stereocenters. The number of nitrogens with zero attached hydrogens (tertiary/aromatic N) is 2. The van der Waals surface area contributed by atoms with Crippen molar-refractivity contribution < 1.29 is 28.8 Å². The van der Waals surface area contributed by atoms with Gasteiger partial charge >= 0.3 is 6.03 Å². The van der Waals surface area contributed by atoms with Crippen LogP contribution in [0.2, 0.25) is 0 Å². The van der Waals surface area contributed by atoms with Gasteiger partial charge in [0, 0.05) is 18.2 Å². The molecule has 1 N–H and O–H groups in total. The third kappa shape index (κ3) is 5.14. The standard InChI is InChI=1S/C32H35N3O7/c1-3-41-28-14-21(6-9-27(28)42-18-20-4-7-25(8-5-20)35(39)40)13-26-29(36)33-31(38)34(30(26)37)19(2)32-15-22-10-23(16-32)12-24(11-22)17-32/h4-9,13-14,19,22-24H,3,10-12,15-18H2,1-2H3,(H,33,36,38)/b26-13+/t19-,22?,23?,24?,32?/m1/s1. The second-order valence-corrected chi connectivity index (χ2v) is 12.3. The highest BCUT2D eigenvalue weighted by molar-refractivity contribution is 6.31. The molecular formula is C32H35N3O7. The lowest BCUT2D eigenvalue weighted by Crippen LogP contribution is -2.63. The fourth-order valence-corrected chi connectivity index (χ4v) is 8.03. The van der Waals surface area contributed by atoms with E-state index in [1.807, 2.05) is 13.8 Å². The molecule has 0 aromatic heterocycles. The Morgan fingerprint density at radius 1 is 1.00 bits per heavy atom. The van der Waals surface area contributed by atoms with Gasteiger partial charge in [-0.15, -0.1) is 0 Å². The Hall–Kier alpha value is -4.21. The predicted molar refractivity (Wildman–Crippen MR) is 153 cm³/mol. The lowest BCUT2D eigenvalue weighted by Gasteiger charge is -2.60. The zero-order chi connectivity index (χ0) is 29.6. The van der Waals surface area contributed by atoms with Gasteiger partial charge in [-0.1, -0.05) is 6.07 Å². The van der Waals surface area contributed by atoms with Crippen molar-refractivity contribution in [1.82, 2.24) is 10.2 Å². The van der Waals surface area contributed by atoms with Crippen LogP contribution in [-0.2, 0) is 16.2 Å². The van der Waals surface area contributed by atoms with Gasteiger partial charge in [0.15, 0.2) is 11.5 Å². The number of rotatable bonds is 9. The molecule has 1 saturated heterocycles. The van der Waals surface area contributed by atoms with Gasteiger partial charge in [0.25, 0.3) is 17.5 Å². The summed E-state index contributed by atoms with van der Waals surface area (Å²) in [6, 6.07) is 10.2. The van der Waals surface area contributed by atoms with Crippen LogP contribution < -0.4 is 14.8 Å². The van der Waals surface area contributed by atoms with Crippen molar-refractivity contribution in [3.05, 3.63) is 69.3 Å². The van der Waals surface area contributed by atoms with E-state index < -0.39 is 22.8 Å². The molecule has 2 aromatic carbocycles. The molecule has 5 fully saturated rings. The molecule has 1 atom stereocenters. The van der Waals surface area contributed by atoms with E-state index in [1.165, 1.54) is 42.4 Å². The molecule has 10 nitrogen and oxygen atoms in total. The summed E-state index contributed by atoms with van der Waals surface area (Å²) >= 11 is 0. The normalized spacial score (nSPS) is 28.1. The van der Waals surface area contributed by atoms with Gasteiger partial charge in [0.2, 0.25) is 0 Å². The zero-order valence-electron chi connectivity index (χ0n) is 23.8. The van der Waals surface area contributed by atoms with Crippen LogP contribution in [0.15, 0.2) is 48.0 Å². The average Bonchev–Trinajstić information content (AvgIpc) is 2.94. The zero-order valence-corrected chi connectivity index (χ0v) is 23.8. The number of barbiturate groups is 1. The molecule has 1 heterocycles. The molecule has 220 valence electrons. The first-order valence-corrected chi connectivity index (χ1v) is 14.7. The van der Waals surface area contributed by atoms with E-state index in [9.17, 15) is 24.5 Å². The van der Waals surface area contributed by atoms with Gasteiger partial charge in [0.05, 0.1) is 11.5 Å². The van der Waals surface area contributed by atoms with Crippen molar-refractivity contribution >= 4 is 29.6 Å². The Bertz CT molecular complexity index is 1430. The maximum absolute atomic E-state index is 13.8. The molecule has 4 bridgehead atoms. The van der Waals surface area contributed by atoms with Crippen molar-refractivity contribution in [3.63, 3.8) is 0 Å². The van der Waals surface area contributed by atoms with Gasteiger partial charge in [-0.25, -0.2) is 4.79 Å². The van der Waals surface area contributed by atoms with E-state index >= 15 is 0 Å². The van der Waals surface area contributed by atoms with Gasteiger partial charge in [-0.05, 0) is 117 Å². The summed E-state index contributed by atoms with van der Waals surface area (Å²) in [6.07, 6.45) is 8.35. The number of hydrogen-bond acceptors (Lipinski definition) is 7. The maximum atomic E-state index is 13.8. The van der Waals surface area contributed by atoms with E-state index in [0.717, 1.165) is 24.8 Å². The SMILES string of the molecule is CCOc1cc(/C=C2\C(=O)NC(=O)N([C@H](C)C34CC5CC(CC(C5)C3)C4)C2=O)ccc1OCc1ccc([N+](=O)[O-])cc1. The minimum Gasteiger partial charge on any atom is -0.490 e. The van der Waals surface area contributed by atoms with E-state index in [0.29, 0.717) is 41.4 Å². The highest BCUT2D eigenvalue weighted by Gasteiger charge is 2.56. The minimum absolute atomic E-state index is 0.0000337. The summed E-state index contributed by atoms with van der Waals surface area (Å²) < 4.78 is 11.7. The summed E-state index contributed by atoms with van der Waals surface area (Å²) in [5.74, 6) is 1.58. The number of urea groups is 1. The smallest absolute Gasteiger partial charge is 0.331 e. The summed E-state index contributed by atoms with van der Waals surface area (Å²) in [4.78, 5) is 51.4. The fourth-order valence-electron chi connectivity index (χ4n) is 8.03. The lowest BCUT2D eigenvalue weighted by molar-refractivity contribution is -0.384. The van der Waals surface area contributed by atoms with Crippen LogP contribution in [0.25, 0.3) is 6.08 Å². The van der Waals surface area contributed by atoms with Crippen LogP contribution >= 0.6 is 0 Å². The van der Waals surface area contributed by atoms with E-state index in [1.54, 1.807) is 30.3 Å². The molecule has 1 aliphatic heterocycles. The number of imide groups is 2. The third-order valence-corrected chi connectivity index (χ3v) is 9.61. The Labute approximate surface area is 244 Å². The number of nitro groups is 1. The molecule has 0 spiro atoms. The van der Waals surface area contributed by atoms with E-state index in [2.05, 4.69) is 5.32 Å². The second-order valence-electron chi connectivity index (χ2n) is 12.3. The van der Waals surface area contributed by atoms with E-state index in [4.69, 9.17) is 9.47 Å². The maximum Gasteiger partial charge on any atom is 0.331 e. The third-order valence-electron chi connectivity index (χ3n) is 9.61. The number of ether oxygens (including phenoxy) is 2. The van der Waals surface area contributed by atoms with Crippen molar-refractivity contribution in [1.29, 1.82) is 0 Å². The van der Waals surface area contributed by atoms with Crippen LogP contribution in [0.3, 0.4) is 0 Å². The summed E-state index contributed by atoms with van der Waals surface area (Å²) in [7, 11) is 0. The first-order chi connectivity index (χ1) is 20.2. The van der Waals surface area contributed by atoms with E-state index in [-0.39, 0.29) is 29.3 Å². The first kappa shape index (κ1) is 27.9. The number of nitrogens with one attached hydrogen (secondary N) is 1. The topological polar surface area (TPSA) is 128 Å². The first-order valence-electron chi connectivity index (χ1n) is 14.7. The Morgan fingerprint density at radius 3 is 2.24 bits per heavy atom. The quantitative estimate of drug-likeness (QED) is 0.178. The minimum atomic E-state index is -0.713. The summed E-state index contributed by atoms with van der Waals surface area (Å²) in [6.45, 7) is 4.33. The molecule has 42 heavy (non-hydrogen) atoms. The molecule has 4 aliphatic carbocycles. The van der Waals surface area contributed by atoms with Crippen molar-refractivity contribution in [2.24, 2.45) is 23.2 Å². The average molecular weight is 574 g/mol. The van der Waals surface area contributed by atoms with Crippen LogP contribution in [0.5, 0.6) is 11.5 Å². The number of benzene rings is 2. The molecule has 5 aliphatic rings. The monoisotopic (exact) mass is 573 g/mol. The summed E-state index contributed by atoms with van der Waals surface area (Å²) in [5, 5.41) is 13.3. The number of carbonyl (C=O) groups is 3. The van der Waals surface area contributed by atoms with Crippen LogP contribution in [0, 0.1) is 33.3 Å². The molecule has 7 rings (SSSR count). The van der Waals surface area contributed by atoms with Gasteiger partial charge in [-0.2, -0.15) is 0 Å². The van der Waals surface area contributed by atoms with Crippen LogP contribution in [0.4, 0.5) is 10.5 Å². The van der Waals surface area contributed by atoms with Crippen molar-refractivity contribution in [2.75, 3.05) is 6.61 Å². The van der Waals surface area contributed by atoms with Crippen molar-refractivity contribution in [3.8, 4) is 11.5 Å². The van der Waals surface area contributed by atoms with Crippen molar-refractivity contribution in [2.45, 2.75) is 65.0 Å². The second kappa shape index (κ2) is 10.9. The Morgan fingerprint density at radius 2 is 1.64 bits per heavy atom. The highest BCUT2D eigenvalue weighted by atomic mass is 16.6. The lowest BCUT2D eigenvalue weighted by atomic mass is 9.47. The van der Waals surface area contributed by atoms with Crippen LogP contribution in [0.1, 0.15) is 63.5 Å². The Balaban J connectivity index is 1.22. The van der Waals surface area contributed by atoms with Gasteiger partial charge in [-0.3, -0.25) is 29.9 Å². The number of carbonyl (C=O) groups excluding carboxylic acids is 3. The van der Waals surface area contributed by atoms with Crippen LogP contribution in [-0.4, -0.2) is 40.3 Å². The summed E-state index contributed by atoms with van der Waals surface area (Å²) in [5.41, 5.74) is 1.12. The molecule has 4 amide bonds. The number of hydrogen-bond donors (Lipinski definition) is 1. The molecular weight excluding hydrogens is 538 g/mol. The molecule has 0 radical (unpaired) electrons.